The van der Waals surface area contributed by atoms with Gasteiger partial charge in [-0.05, 0) is 19.1 Å². The van der Waals surface area contributed by atoms with Gasteiger partial charge in [-0.3, -0.25) is 0 Å². The molecule has 3 rings (SSSR count). The van der Waals surface area contributed by atoms with E-state index in [-0.39, 0.29) is 11.9 Å². The zero-order valence-corrected chi connectivity index (χ0v) is 12.5. The van der Waals surface area contributed by atoms with Crippen LogP contribution in [-0.4, -0.2) is 20.4 Å². The smallest absolute Gasteiger partial charge is 0.151 e. The predicted octanol–water partition coefficient (Wildman–Crippen LogP) is 4.02. The minimum absolute atomic E-state index is 0.0139. The lowest BCUT2D eigenvalue weighted by atomic mass is 10.2. The third-order valence-corrected chi connectivity index (χ3v) is 4.39. The van der Waals surface area contributed by atoms with Crippen LogP contribution in [0.4, 0.5) is 4.39 Å². The first kappa shape index (κ1) is 13.5. The second-order valence-electron chi connectivity index (χ2n) is 4.49. The van der Waals surface area contributed by atoms with Crippen molar-refractivity contribution in [3.63, 3.8) is 0 Å². The van der Waals surface area contributed by atoms with E-state index >= 15 is 0 Å². The van der Waals surface area contributed by atoms with Crippen molar-refractivity contribution >= 4 is 34.0 Å². The van der Waals surface area contributed by atoms with Crippen molar-refractivity contribution in [3.8, 4) is 0 Å². The monoisotopic (exact) mass is 309 g/mol. The van der Waals surface area contributed by atoms with Crippen LogP contribution in [0, 0.1) is 5.82 Å². The van der Waals surface area contributed by atoms with Crippen molar-refractivity contribution in [3.05, 3.63) is 46.4 Å². The fourth-order valence-electron chi connectivity index (χ4n) is 2.38. The van der Waals surface area contributed by atoms with Crippen molar-refractivity contribution in [2.75, 3.05) is 5.88 Å². The fourth-order valence-corrected chi connectivity index (χ4v) is 3.23. The van der Waals surface area contributed by atoms with E-state index in [1.165, 1.54) is 6.07 Å². The SMILES string of the molecule is CC(c1nccs1)n1c(CCCl)nc2c(F)cccc21. The van der Waals surface area contributed by atoms with Crippen molar-refractivity contribution in [1.82, 2.24) is 14.5 Å². The number of halogens is 2. The highest BCUT2D eigenvalue weighted by atomic mass is 35.5. The summed E-state index contributed by atoms with van der Waals surface area (Å²) >= 11 is 7.43. The van der Waals surface area contributed by atoms with Crippen LogP contribution >= 0.6 is 22.9 Å². The molecule has 0 aliphatic carbocycles. The molecule has 0 N–H and O–H groups in total. The molecule has 1 unspecified atom stereocenters. The first-order valence-corrected chi connectivity index (χ1v) is 7.74. The van der Waals surface area contributed by atoms with Crippen LogP contribution in [0.3, 0.4) is 0 Å². The molecule has 0 fully saturated rings. The van der Waals surface area contributed by atoms with Crippen molar-refractivity contribution in [2.24, 2.45) is 0 Å². The molecule has 0 bridgehead atoms. The highest BCUT2D eigenvalue weighted by Gasteiger charge is 2.20. The minimum atomic E-state index is -0.302. The molecule has 3 nitrogen and oxygen atoms in total. The Morgan fingerprint density at radius 3 is 3.00 bits per heavy atom. The molecule has 1 atom stereocenters. The number of imidazole rings is 1. The Labute approximate surface area is 125 Å². The summed E-state index contributed by atoms with van der Waals surface area (Å²) in [6.45, 7) is 2.04. The van der Waals surface area contributed by atoms with Crippen LogP contribution < -0.4 is 0 Å². The summed E-state index contributed by atoms with van der Waals surface area (Å²) in [5.74, 6) is 0.946. The second kappa shape index (κ2) is 5.50. The van der Waals surface area contributed by atoms with Gasteiger partial charge >= 0.3 is 0 Å². The third kappa shape index (κ3) is 2.21. The lowest BCUT2D eigenvalue weighted by Crippen LogP contribution is -2.11. The van der Waals surface area contributed by atoms with E-state index < -0.39 is 0 Å². The number of nitrogens with zero attached hydrogens (tertiary/aromatic N) is 3. The van der Waals surface area contributed by atoms with Gasteiger partial charge in [0.05, 0.1) is 11.6 Å². The standard InChI is InChI=1S/C14H13ClFN3S/c1-9(14-17-7-8-20-14)19-11-4-2-3-10(16)13(11)18-12(19)5-6-15/h2-4,7-9H,5-6H2,1H3. The number of aryl methyl sites for hydroxylation is 1. The van der Waals surface area contributed by atoms with E-state index in [0.29, 0.717) is 17.8 Å². The highest BCUT2D eigenvalue weighted by Crippen LogP contribution is 2.28. The largest absolute Gasteiger partial charge is 0.318 e. The molecule has 2 aromatic heterocycles. The van der Waals surface area contributed by atoms with Gasteiger partial charge in [-0.15, -0.1) is 22.9 Å². The van der Waals surface area contributed by atoms with Gasteiger partial charge in [0, 0.05) is 23.9 Å². The fraction of sp³-hybridized carbons (Fsp3) is 0.286. The minimum Gasteiger partial charge on any atom is -0.318 e. The van der Waals surface area contributed by atoms with Crippen molar-refractivity contribution in [2.45, 2.75) is 19.4 Å². The summed E-state index contributed by atoms with van der Waals surface area (Å²) in [5, 5.41) is 2.91. The molecule has 2 heterocycles. The number of hydrogen-bond acceptors (Lipinski definition) is 3. The van der Waals surface area contributed by atoms with Gasteiger partial charge in [-0.1, -0.05) is 6.07 Å². The maximum absolute atomic E-state index is 13.9. The molecule has 20 heavy (non-hydrogen) atoms. The van der Waals surface area contributed by atoms with Gasteiger partial charge in [0.15, 0.2) is 5.82 Å². The van der Waals surface area contributed by atoms with Crippen LogP contribution in [0.2, 0.25) is 0 Å². The van der Waals surface area contributed by atoms with E-state index in [4.69, 9.17) is 11.6 Å². The quantitative estimate of drug-likeness (QED) is 0.681. The average molecular weight is 310 g/mol. The molecule has 0 spiro atoms. The van der Waals surface area contributed by atoms with Gasteiger partial charge in [-0.25, -0.2) is 14.4 Å². The van der Waals surface area contributed by atoms with E-state index in [2.05, 4.69) is 9.97 Å². The number of thiazole rings is 1. The van der Waals surface area contributed by atoms with Crippen LogP contribution in [0.5, 0.6) is 0 Å². The number of hydrogen-bond donors (Lipinski definition) is 0. The Morgan fingerprint density at radius 1 is 1.45 bits per heavy atom. The number of rotatable bonds is 4. The Balaban J connectivity index is 2.21. The van der Waals surface area contributed by atoms with E-state index in [0.717, 1.165) is 16.3 Å². The Bertz CT molecular complexity index is 723. The molecule has 1 aromatic carbocycles. The summed E-state index contributed by atoms with van der Waals surface area (Å²) in [7, 11) is 0. The maximum Gasteiger partial charge on any atom is 0.151 e. The molecule has 0 aliphatic rings. The van der Waals surface area contributed by atoms with Crippen LogP contribution in [0.25, 0.3) is 11.0 Å². The Hall–Kier alpha value is -1.46. The van der Waals surface area contributed by atoms with Gasteiger partial charge in [0.25, 0.3) is 0 Å². The summed E-state index contributed by atoms with van der Waals surface area (Å²) in [5.41, 5.74) is 1.18. The average Bonchev–Trinajstić information content (AvgIpc) is 3.06. The predicted molar refractivity (Wildman–Crippen MR) is 80.0 cm³/mol. The van der Waals surface area contributed by atoms with Crippen LogP contribution in [0.15, 0.2) is 29.8 Å². The highest BCUT2D eigenvalue weighted by molar-refractivity contribution is 7.09. The summed E-state index contributed by atoms with van der Waals surface area (Å²) in [6.07, 6.45) is 2.38. The number of fused-ring (bicyclic) bond motifs is 1. The van der Waals surface area contributed by atoms with Crippen molar-refractivity contribution in [1.29, 1.82) is 0 Å². The molecule has 3 aromatic rings. The van der Waals surface area contributed by atoms with Gasteiger partial charge < -0.3 is 4.57 Å². The molecule has 104 valence electrons. The zero-order valence-electron chi connectivity index (χ0n) is 10.9. The Kier molecular flexibility index (Phi) is 3.72. The maximum atomic E-state index is 13.9. The topological polar surface area (TPSA) is 30.7 Å². The zero-order chi connectivity index (χ0) is 14.1. The van der Waals surface area contributed by atoms with Gasteiger partial charge in [0.2, 0.25) is 0 Å². The number of aromatic nitrogens is 3. The van der Waals surface area contributed by atoms with Gasteiger partial charge in [0.1, 0.15) is 16.3 Å². The molecule has 0 aliphatic heterocycles. The summed E-state index contributed by atoms with van der Waals surface area (Å²) in [6, 6.07) is 5.03. The first-order valence-electron chi connectivity index (χ1n) is 6.33. The molecular formula is C14H13ClFN3S. The number of benzene rings is 1. The number of alkyl halides is 1. The molecule has 0 saturated heterocycles. The lowest BCUT2D eigenvalue weighted by Gasteiger charge is -2.15. The Morgan fingerprint density at radius 2 is 2.30 bits per heavy atom. The van der Waals surface area contributed by atoms with E-state index in [1.807, 2.05) is 22.9 Å². The molecule has 0 saturated carbocycles. The normalized spacial score (nSPS) is 12.9. The summed E-state index contributed by atoms with van der Waals surface area (Å²) < 4.78 is 15.9. The first-order chi connectivity index (χ1) is 9.72. The molecular weight excluding hydrogens is 297 g/mol. The molecule has 0 amide bonds. The molecule has 0 radical (unpaired) electrons. The van der Waals surface area contributed by atoms with Gasteiger partial charge in [-0.2, -0.15) is 0 Å². The second-order valence-corrected chi connectivity index (χ2v) is 5.80. The van der Waals surface area contributed by atoms with E-state index in [9.17, 15) is 4.39 Å². The third-order valence-electron chi connectivity index (χ3n) is 3.26. The summed E-state index contributed by atoms with van der Waals surface area (Å²) in [4.78, 5) is 8.76. The van der Waals surface area contributed by atoms with E-state index in [1.54, 1.807) is 23.6 Å². The molecule has 6 heteroatoms. The number of para-hydroxylation sites is 1. The van der Waals surface area contributed by atoms with Crippen molar-refractivity contribution < 1.29 is 4.39 Å². The van der Waals surface area contributed by atoms with Crippen LogP contribution in [0.1, 0.15) is 23.8 Å². The van der Waals surface area contributed by atoms with Crippen LogP contribution in [-0.2, 0) is 6.42 Å². The lowest BCUT2D eigenvalue weighted by molar-refractivity contribution is 0.620.